The summed E-state index contributed by atoms with van der Waals surface area (Å²) in [5.41, 5.74) is 5.63. The van der Waals surface area contributed by atoms with Crippen molar-refractivity contribution in [1.29, 1.82) is 0 Å². The summed E-state index contributed by atoms with van der Waals surface area (Å²) in [6, 6.07) is 2.62. The van der Waals surface area contributed by atoms with Gasteiger partial charge in [-0.1, -0.05) is 29.8 Å². The fourth-order valence-corrected chi connectivity index (χ4v) is 4.40. The van der Waals surface area contributed by atoms with Gasteiger partial charge < -0.3 is 5.73 Å². The number of hydrogen-bond donors (Lipinski definition) is 1. The maximum absolute atomic E-state index is 14.3. The average molecular weight is 367 g/mol. The molecule has 0 radical (unpaired) electrons. The lowest BCUT2D eigenvalue weighted by atomic mass is 10.2. The van der Waals surface area contributed by atoms with E-state index in [-0.39, 0.29) is 23.0 Å². The van der Waals surface area contributed by atoms with Gasteiger partial charge in [0, 0.05) is 29.7 Å². The number of halogens is 2. The third-order valence-corrected chi connectivity index (χ3v) is 5.78. The molecule has 0 aromatic heterocycles. The number of nitrogens with two attached hydrogens (primary N) is 1. The van der Waals surface area contributed by atoms with Gasteiger partial charge in [0.25, 0.3) is 0 Å². The molecule has 0 spiro atoms. The van der Waals surface area contributed by atoms with Crippen molar-refractivity contribution >= 4 is 26.0 Å². The molecule has 0 aliphatic carbocycles. The maximum Gasteiger partial charge on any atom is 0.246 e. The molecule has 2 N–H and O–H groups in total. The molecule has 0 atom stereocenters. The fourth-order valence-electron chi connectivity index (χ4n) is 2.11. The van der Waals surface area contributed by atoms with E-state index in [9.17, 15) is 12.8 Å². The van der Waals surface area contributed by atoms with Crippen LogP contribution in [0.15, 0.2) is 21.5 Å². The highest BCUT2D eigenvalue weighted by atomic mass is 79.9. The molecule has 0 saturated heterocycles. The molecule has 1 rings (SSSR count). The van der Waals surface area contributed by atoms with Gasteiger partial charge in [0.05, 0.1) is 0 Å². The Bertz CT molecular complexity index is 574. The van der Waals surface area contributed by atoms with Crippen molar-refractivity contribution in [2.75, 3.05) is 7.05 Å². The first-order valence-corrected chi connectivity index (χ1v) is 8.68. The van der Waals surface area contributed by atoms with Crippen molar-refractivity contribution in [1.82, 2.24) is 4.31 Å². The predicted molar refractivity (Wildman–Crippen MR) is 81.3 cm³/mol. The summed E-state index contributed by atoms with van der Waals surface area (Å²) in [5, 5.41) is 0. The summed E-state index contributed by atoms with van der Waals surface area (Å²) < 4.78 is 41.1. The lowest BCUT2D eigenvalue weighted by molar-refractivity contribution is 0.348. The van der Waals surface area contributed by atoms with Crippen molar-refractivity contribution in [2.45, 2.75) is 44.2 Å². The van der Waals surface area contributed by atoms with Crippen molar-refractivity contribution in [3.63, 3.8) is 0 Å². The van der Waals surface area contributed by atoms with Crippen LogP contribution in [0.2, 0.25) is 0 Å². The van der Waals surface area contributed by atoms with E-state index < -0.39 is 15.8 Å². The van der Waals surface area contributed by atoms with E-state index in [2.05, 4.69) is 15.9 Å². The van der Waals surface area contributed by atoms with Crippen molar-refractivity contribution < 1.29 is 12.8 Å². The molecule has 114 valence electrons. The molecule has 1 aromatic rings. The second-order valence-electron chi connectivity index (χ2n) is 4.57. The van der Waals surface area contributed by atoms with Crippen LogP contribution in [0.5, 0.6) is 0 Å². The van der Waals surface area contributed by atoms with Gasteiger partial charge in [-0.15, -0.1) is 0 Å². The van der Waals surface area contributed by atoms with Crippen LogP contribution in [-0.2, 0) is 16.6 Å². The van der Waals surface area contributed by atoms with Crippen LogP contribution in [-0.4, -0.2) is 25.8 Å². The molecule has 0 aliphatic rings. The van der Waals surface area contributed by atoms with E-state index >= 15 is 0 Å². The molecule has 0 aliphatic heterocycles. The highest BCUT2D eigenvalue weighted by Crippen LogP contribution is 2.27. The second-order valence-corrected chi connectivity index (χ2v) is 7.45. The molecule has 1 aromatic carbocycles. The molecule has 0 saturated carbocycles. The minimum atomic E-state index is -3.88. The van der Waals surface area contributed by atoms with Crippen LogP contribution in [0.3, 0.4) is 0 Å². The topological polar surface area (TPSA) is 63.4 Å². The Hall–Kier alpha value is -0.500. The van der Waals surface area contributed by atoms with E-state index in [1.165, 1.54) is 23.5 Å². The fraction of sp³-hybridized carbons (Fsp3) is 0.538. The molecule has 0 unspecified atom stereocenters. The van der Waals surface area contributed by atoms with Crippen LogP contribution < -0.4 is 5.73 Å². The molecule has 0 heterocycles. The van der Waals surface area contributed by atoms with E-state index in [1.54, 1.807) is 0 Å². The minimum Gasteiger partial charge on any atom is -0.326 e. The number of nitrogens with zero attached hydrogens (tertiary/aromatic N) is 1. The first kappa shape index (κ1) is 17.6. The standard InChI is InChI=1S/C13H20BrFN2O2S/c1-4-11(5-2)17(3)20(18,19)12-7-10(14)6-9(8-16)13(12)15/h6-7,11H,4-5,8,16H2,1-3H3. The highest BCUT2D eigenvalue weighted by Gasteiger charge is 2.30. The lowest BCUT2D eigenvalue weighted by Gasteiger charge is -2.26. The van der Waals surface area contributed by atoms with Crippen LogP contribution in [0, 0.1) is 5.82 Å². The summed E-state index contributed by atoms with van der Waals surface area (Å²) in [6.07, 6.45) is 1.34. The zero-order valence-corrected chi connectivity index (χ0v) is 14.3. The molecular weight excluding hydrogens is 347 g/mol. The average Bonchev–Trinajstić information content (AvgIpc) is 2.41. The number of hydrogen-bond acceptors (Lipinski definition) is 3. The molecule has 0 bridgehead atoms. The van der Waals surface area contributed by atoms with Gasteiger partial charge in [0.1, 0.15) is 10.7 Å². The Labute approximate surface area is 128 Å². The molecule has 0 amide bonds. The van der Waals surface area contributed by atoms with Crippen LogP contribution in [0.25, 0.3) is 0 Å². The maximum atomic E-state index is 14.3. The van der Waals surface area contributed by atoms with Crippen LogP contribution in [0.1, 0.15) is 32.3 Å². The van der Waals surface area contributed by atoms with E-state index in [0.717, 1.165) is 0 Å². The Morgan fingerprint density at radius 1 is 1.35 bits per heavy atom. The van der Waals surface area contributed by atoms with Gasteiger partial charge in [0.2, 0.25) is 10.0 Å². The predicted octanol–water partition coefficient (Wildman–Crippen LogP) is 2.86. The monoisotopic (exact) mass is 366 g/mol. The van der Waals surface area contributed by atoms with Crippen molar-refractivity contribution in [2.24, 2.45) is 5.73 Å². The van der Waals surface area contributed by atoms with Crippen LogP contribution in [0.4, 0.5) is 4.39 Å². The summed E-state index contributed by atoms with van der Waals surface area (Å²) >= 11 is 3.20. The molecule has 20 heavy (non-hydrogen) atoms. The Kier molecular flexibility index (Phi) is 6.12. The first-order chi connectivity index (χ1) is 9.29. The van der Waals surface area contributed by atoms with Gasteiger partial charge in [-0.05, 0) is 25.0 Å². The van der Waals surface area contributed by atoms with Crippen molar-refractivity contribution in [3.8, 4) is 0 Å². The summed E-state index contributed by atoms with van der Waals surface area (Å²) in [4.78, 5) is -0.332. The molecule has 4 nitrogen and oxygen atoms in total. The largest absolute Gasteiger partial charge is 0.326 e. The zero-order chi connectivity index (χ0) is 15.5. The van der Waals surface area contributed by atoms with E-state index in [0.29, 0.717) is 17.3 Å². The van der Waals surface area contributed by atoms with Gasteiger partial charge in [0.15, 0.2) is 0 Å². The summed E-state index contributed by atoms with van der Waals surface area (Å²) in [6.45, 7) is 3.76. The lowest BCUT2D eigenvalue weighted by Crippen LogP contribution is -2.36. The minimum absolute atomic E-state index is 0.0531. The Morgan fingerprint density at radius 3 is 2.35 bits per heavy atom. The first-order valence-electron chi connectivity index (χ1n) is 6.45. The van der Waals surface area contributed by atoms with Gasteiger partial charge in [-0.3, -0.25) is 0 Å². The zero-order valence-electron chi connectivity index (χ0n) is 11.9. The third kappa shape index (κ3) is 3.39. The van der Waals surface area contributed by atoms with E-state index in [4.69, 9.17) is 5.73 Å². The molecular formula is C13H20BrFN2O2S. The normalized spacial score (nSPS) is 12.4. The highest BCUT2D eigenvalue weighted by molar-refractivity contribution is 9.10. The summed E-state index contributed by atoms with van der Waals surface area (Å²) in [5.74, 6) is -0.770. The number of benzene rings is 1. The Balaban J connectivity index is 3.39. The molecule has 7 heteroatoms. The quantitative estimate of drug-likeness (QED) is 0.841. The van der Waals surface area contributed by atoms with Crippen LogP contribution >= 0.6 is 15.9 Å². The summed E-state index contributed by atoms with van der Waals surface area (Å²) in [7, 11) is -2.39. The van der Waals surface area contributed by atoms with Gasteiger partial charge in [-0.25, -0.2) is 12.8 Å². The van der Waals surface area contributed by atoms with E-state index in [1.807, 2.05) is 13.8 Å². The number of rotatable bonds is 6. The second kappa shape index (κ2) is 6.98. The molecule has 0 fully saturated rings. The number of sulfonamides is 1. The van der Waals surface area contributed by atoms with Gasteiger partial charge in [-0.2, -0.15) is 4.31 Å². The van der Waals surface area contributed by atoms with Gasteiger partial charge >= 0.3 is 0 Å². The Morgan fingerprint density at radius 2 is 1.90 bits per heavy atom. The third-order valence-electron chi connectivity index (χ3n) is 3.41. The van der Waals surface area contributed by atoms with Crippen molar-refractivity contribution in [3.05, 3.63) is 28.0 Å². The SMILES string of the molecule is CCC(CC)N(C)S(=O)(=O)c1cc(Br)cc(CN)c1F. The smallest absolute Gasteiger partial charge is 0.246 e.